The molecule has 1 saturated carbocycles. The highest BCUT2D eigenvalue weighted by Gasteiger charge is 2.48. The Morgan fingerprint density at radius 2 is 2.16 bits per heavy atom. The molecule has 1 rings (SSSR count). The molecule has 0 aromatic heterocycles. The molecule has 0 aromatic rings. The molecular formula is C19H33N3O3. The number of carbonyl (C=O) groups is 1. The van der Waals surface area contributed by atoms with Crippen LogP contribution in [0, 0.1) is 17.3 Å². The van der Waals surface area contributed by atoms with Crippen molar-refractivity contribution in [3.8, 4) is 0 Å². The Morgan fingerprint density at radius 1 is 1.48 bits per heavy atom. The molecule has 1 fully saturated rings. The molecule has 2 unspecified atom stereocenters. The fourth-order valence-corrected chi connectivity index (χ4v) is 2.24. The van der Waals surface area contributed by atoms with E-state index in [9.17, 15) is 4.79 Å². The summed E-state index contributed by atoms with van der Waals surface area (Å²) in [5, 5.41) is 9.15. The number of aliphatic carboxylic acids is 1. The van der Waals surface area contributed by atoms with Crippen LogP contribution in [0.3, 0.4) is 0 Å². The highest BCUT2D eigenvalue weighted by atomic mass is 16.7. The number of hydrogen-bond donors (Lipinski definition) is 2. The van der Waals surface area contributed by atoms with Gasteiger partial charge in [0.1, 0.15) is 0 Å². The standard InChI is InChI=1S/C19H33N3O3/c1-7-14(4)25-22-17(15(5)18(23)24)21-11-16-10-19(16,6)12-20-9-8-13(2)3/h12-14,16H,5,7-11H2,1-4,6H3,(H,21,22)(H,23,24)/t14?,16?,19-/m1/s1. The van der Waals surface area contributed by atoms with Gasteiger partial charge in [-0.1, -0.05) is 34.3 Å². The summed E-state index contributed by atoms with van der Waals surface area (Å²) in [5.41, 5.74) is 2.64. The van der Waals surface area contributed by atoms with Gasteiger partial charge in [-0.05, 0) is 38.0 Å². The Kier molecular flexibility index (Phi) is 8.29. The predicted molar refractivity (Wildman–Crippen MR) is 102 cm³/mol. The first kappa shape index (κ1) is 21.4. The van der Waals surface area contributed by atoms with E-state index >= 15 is 0 Å². The zero-order chi connectivity index (χ0) is 19.0. The monoisotopic (exact) mass is 351 g/mol. The van der Waals surface area contributed by atoms with Crippen LogP contribution in [0.15, 0.2) is 22.1 Å². The molecule has 0 aliphatic heterocycles. The second kappa shape index (κ2) is 9.70. The minimum Gasteiger partial charge on any atom is -0.478 e. The Morgan fingerprint density at radius 3 is 2.72 bits per heavy atom. The molecule has 142 valence electrons. The summed E-state index contributed by atoms with van der Waals surface area (Å²) in [4.78, 5) is 25.5. The first-order chi connectivity index (χ1) is 11.7. The maximum atomic E-state index is 11.2. The number of carboxylic acids is 1. The lowest BCUT2D eigenvalue weighted by Crippen LogP contribution is -2.32. The molecule has 1 aliphatic rings. The minimum atomic E-state index is -1.10. The van der Waals surface area contributed by atoms with Crippen molar-refractivity contribution in [3.05, 3.63) is 12.2 Å². The number of hydroxylamine groups is 1. The van der Waals surface area contributed by atoms with Crippen molar-refractivity contribution in [3.63, 3.8) is 0 Å². The van der Waals surface area contributed by atoms with Crippen LogP contribution in [0.5, 0.6) is 0 Å². The van der Waals surface area contributed by atoms with Gasteiger partial charge in [-0.2, -0.15) is 0 Å². The van der Waals surface area contributed by atoms with Crippen LogP contribution in [0.1, 0.15) is 53.9 Å². The highest BCUT2D eigenvalue weighted by Crippen LogP contribution is 2.50. The molecule has 1 aliphatic carbocycles. The largest absolute Gasteiger partial charge is 0.478 e. The van der Waals surface area contributed by atoms with Gasteiger partial charge in [-0.25, -0.2) is 10.3 Å². The number of hydrogen-bond acceptors (Lipinski definition) is 4. The van der Waals surface area contributed by atoms with Crippen LogP contribution in [-0.2, 0) is 9.63 Å². The molecule has 3 atom stereocenters. The van der Waals surface area contributed by atoms with E-state index in [1.54, 1.807) is 0 Å². The first-order valence-corrected chi connectivity index (χ1v) is 9.09. The lowest BCUT2D eigenvalue weighted by Gasteiger charge is -2.14. The molecule has 0 saturated heterocycles. The smallest absolute Gasteiger partial charge is 0.338 e. The predicted octanol–water partition coefficient (Wildman–Crippen LogP) is 3.49. The summed E-state index contributed by atoms with van der Waals surface area (Å²) < 4.78 is 0. The van der Waals surface area contributed by atoms with Gasteiger partial charge < -0.3 is 5.11 Å². The van der Waals surface area contributed by atoms with Crippen molar-refractivity contribution in [1.29, 1.82) is 0 Å². The number of nitrogens with one attached hydrogen (secondary N) is 1. The van der Waals surface area contributed by atoms with Crippen molar-refractivity contribution in [1.82, 2.24) is 5.48 Å². The van der Waals surface area contributed by atoms with Gasteiger partial charge in [0.2, 0.25) is 0 Å². The highest BCUT2D eigenvalue weighted by molar-refractivity contribution is 6.17. The van der Waals surface area contributed by atoms with Crippen LogP contribution < -0.4 is 5.48 Å². The third-order valence-corrected chi connectivity index (χ3v) is 4.63. The van der Waals surface area contributed by atoms with Gasteiger partial charge in [-0.3, -0.25) is 14.8 Å². The maximum Gasteiger partial charge on any atom is 0.338 e. The molecular weight excluding hydrogens is 318 g/mol. The van der Waals surface area contributed by atoms with Crippen LogP contribution in [0.25, 0.3) is 0 Å². The van der Waals surface area contributed by atoms with Gasteiger partial charge in [0, 0.05) is 24.7 Å². The number of aliphatic imine (C=N–C) groups is 2. The Hall–Kier alpha value is -1.69. The summed E-state index contributed by atoms with van der Waals surface area (Å²) in [7, 11) is 0. The Bertz CT molecular complexity index is 528. The topological polar surface area (TPSA) is 83.3 Å². The molecule has 0 spiro atoms. The second-order valence-electron chi connectivity index (χ2n) is 7.54. The number of nitrogens with zero attached hydrogens (tertiary/aromatic N) is 2. The maximum absolute atomic E-state index is 11.2. The van der Waals surface area contributed by atoms with Crippen molar-refractivity contribution in [2.24, 2.45) is 27.2 Å². The second-order valence-corrected chi connectivity index (χ2v) is 7.54. The Balaban J connectivity index is 2.59. The molecule has 0 aromatic carbocycles. The van der Waals surface area contributed by atoms with Gasteiger partial charge in [0.25, 0.3) is 0 Å². The average Bonchev–Trinajstić information content (AvgIpc) is 3.20. The van der Waals surface area contributed by atoms with E-state index in [4.69, 9.17) is 9.94 Å². The van der Waals surface area contributed by atoms with E-state index in [2.05, 4.69) is 42.8 Å². The lowest BCUT2D eigenvalue weighted by molar-refractivity contribution is -0.132. The quantitative estimate of drug-likeness (QED) is 0.258. The number of carboxylic acid groups (broad SMARTS) is 1. The zero-order valence-electron chi connectivity index (χ0n) is 16.2. The van der Waals surface area contributed by atoms with E-state index < -0.39 is 5.97 Å². The molecule has 0 heterocycles. The molecule has 6 nitrogen and oxygen atoms in total. The van der Waals surface area contributed by atoms with Crippen molar-refractivity contribution in [2.45, 2.75) is 60.0 Å². The molecule has 6 heteroatoms. The third kappa shape index (κ3) is 7.38. The Labute approximate surface area is 151 Å². The first-order valence-electron chi connectivity index (χ1n) is 9.09. The summed E-state index contributed by atoms with van der Waals surface area (Å²) in [6.45, 7) is 15.4. The summed E-state index contributed by atoms with van der Waals surface area (Å²) in [6.07, 6.45) is 4.93. The summed E-state index contributed by atoms with van der Waals surface area (Å²) >= 11 is 0. The van der Waals surface area contributed by atoms with Gasteiger partial charge >= 0.3 is 5.97 Å². The van der Waals surface area contributed by atoms with Crippen LogP contribution in [-0.4, -0.2) is 42.3 Å². The summed E-state index contributed by atoms with van der Waals surface area (Å²) in [6, 6.07) is 0. The van der Waals surface area contributed by atoms with Crippen LogP contribution in [0.4, 0.5) is 0 Å². The average molecular weight is 351 g/mol. The molecule has 0 radical (unpaired) electrons. The van der Waals surface area contributed by atoms with Gasteiger partial charge in [0.15, 0.2) is 5.84 Å². The van der Waals surface area contributed by atoms with E-state index in [0.717, 1.165) is 25.8 Å². The summed E-state index contributed by atoms with van der Waals surface area (Å²) in [5.74, 6) is 0.120. The molecule has 0 amide bonds. The van der Waals surface area contributed by atoms with Crippen molar-refractivity contribution >= 4 is 18.0 Å². The van der Waals surface area contributed by atoms with E-state index in [-0.39, 0.29) is 22.9 Å². The number of amidine groups is 1. The molecule has 0 bridgehead atoms. The fourth-order valence-electron chi connectivity index (χ4n) is 2.24. The van der Waals surface area contributed by atoms with Crippen molar-refractivity contribution in [2.75, 3.05) is 13.1 Å². The SMILES string of the molecule is C=C(C(=O)O)C(=NCC1C[C@]1(C)C=NCCC(C)C)NOC(C)CC. The van der Waals surface area contributed by atoms with E-state index in [1.807, 2.05) is 20.1 Å². The van der Waals surface area contributed by atoms with E-state index in [0.29, 0.717) is 18.4 Å². The van der Waals surface area contributed by atoms with Crippen LogP contribution in [0.2, 0.25) is 0 Å². The van der Waals surface area contributed by atoms with Crippen LogP contribution >= 0.6 is 0 Å². The lowest BCUT2D eigenvalue weighted by atomic mass is 10.1. The normalized spacial score (nSPS) is 24.6. The van der Waals surface area contributed by atoms with Gasteiger partial charge in [0.05, 0.1) is 11.7 Å². The van der Waals surface area contributed by atoms with Gasteiger partial charge in [-0.15, -0.1) is 0 Å². The van der Waals surface area contributed by atoms with Crippen molar-refractivity contribution < 1.29 is 14.7 Å². The number of rotatable bonds is 11. The third-order valence-electron chi connectivity index (χ3n) is 4.63. The molecule has 25 heavy (non-hydrogen) atoms. The zero-order valence-corrected chi connectivity index (χ0v) is 16.2. The van der Waals surface area contributed by atoms with E-state index in [1.165, 1.54) is 0 Å². The minimum absolute atomic E-state index is 0.0360. The fraction of sp³-hybridized carbons (Fsp3) is 0.737. The molecule has 2 N–H and O–H groups in total.